The van der Waals surface area contributed by atoms with E-state index >= 15 is 0 Å². The highest BCUT2D eigenvalue weighted by Crippen LogP contribution is 2.20. The summed E-state index contributed by atoms with van der Waals surface area (Å²) in [6.07, 6.45) is 2.45. The summed E-state index contributed by atoms with van der Waals surface area (Å²) in [6, 6.07) is 6.21. The highest BCUT2D eigenvalue weighted by atomic mass is 16.5. The van der Waals surface area contributed by atoms with Gasteiger partial charge in [0.15, 0.2) is 0 Å². The Bertz CT molecular complexity index is 375. The topological polar surface area (TPSA) is 46.1 Å². The van der Waals surface area contributed by atoms with E-state index < -0.39 is 0 Å². The van der Waals surface area contributed by atoms with Crippen LogP contribution in [-0.2, 0) is 6.42 Å². The quantitative estimate of drug-likeness (QED) is 0.535. The van der Waals surface area contributed by atoms with Crippen LogP contribution in [0.3, 0.4) is 0 Å². The van der Waals surface area contributed by atoms with Gasteiger partial charge in [0.2, 0.25) is 0 Å². The number of allylic oxidation sites excluding steroid dienone is 1. The first-order valence-electron chi connectivity index (χ1n) is 6.46. The molecule has 0 aliphatic rings. The van der Waals surface area contributed by atoms with Crippen LogP contribution in [0.15, 0.2) is 30.9 Å². The molecule has 0 aliphatic carbocycles. The summed E-state index contributed by atoms with van der Waals surface area (Å²) in [6.45, 7) is 9.86. The third kappa shape index (κ3) is 5.34. The molecule has 0 amide bonds. The van der Waals surface area contributed by atoms with Crippen LogP contribution in [-0.4, -0.2) is 30.9 Å². The fraction of sp³-hybridized carbons (Fsp3) is 0.467. The number of hydrogen-bond acceptors (Lipinski definition) is 2. The van der Waals surface area contributed by atoms with Crippen LogP contribution in [0.5, 0.6) is 5.75 Å². The van der Waals surface area contributed by atoms with Gasteiger partial charge in [-0.15, -0.1) is 6.58 Å². The predicted molar refractivity (Wildman–Crippen MR) is 73.9 cm³/mol. The molecule has 3 nitrogen and oxygen atoms in total. The normalized spacial score (nSPS) is 12.2. The van der Waals surface area contributed by atoms with Crippen LogP contribution in [0.1, 0.15) is 18.1 Å². The van der Waals surface area contributed by atoms with Gasteiger partial charge in [-0.1, -0.05) is 23.8 Å². The molecule has 0 aliphatic heterocycles. The van der Waals surface area contributed by atoms with E-state index in [1.165, 1.54) is 11.1 Å². The Labute approximate surface area is 109 Å². The first kappa shape index (κ1) is 14.7. The van der Waals surface area contributed by atoms with Gasteiger partial charge >= 0.3 is 0 Å². The maximum Gasteiger partial charge on any atom is 0.137 e. The van der Waals surface area contributed by atoms with Gasteiger partial charge in [0.25, 0.3) is 0 Å². The Hall–Kier alpha value is -1.32. The summed E-state index contributed by atoms with van der Waals surface area (Å²) in [5.41, 5.74) is 2.42. The van der Waals surface area contributed by atoms with Crippen molar-refractivity contribution in [3.8, 4) is 5.75 Å². The van der Waals surface area contributed by atoms with Crippen molar-refractivity contribution in [2.45, 2.75) is 26.4 Å². The molecule has 0 unspecified atom stereocenters. The largest absolute Gasteiger partial charge is 0.487 e. The molecule has 0 saturated carbocycles. The second kappa shape index (κ2) is 7.90. The lowest BCUT2D eigenvalue weighted by atomic mass is 10.1. The number of hydrogen-bond donors (Lipinski definition) is 2. The molecule has 1 aromatic carbocycles. The number of quaternary nitrogens is 1. The average molecular weight is 250 g/mol. The van der Waals surface area contributed by atoms with Crippen LogP contribution in [0.25, 0.3) is 0 Å². The fourth-order valence-corrected chi connectivity index (χ4v) is 1.78. The standard InChI is InChI=1S/C15H23NO2/c1-4-5-14-10-12(2)6-7-15(14)18-9-8-16-11-13(3)17/h4,6-7,10,13,16-17H,1,5,8-9,11H2,2-3H3/p+1/t13-/m0/s1. The van der Waals surface area contributed by atoms with Gasteiger partial charge in [-0.3, -0.25) is 0 Å². The van der Waals surface area contributed by atoms with E-state index in [0.29, 0.717) is 6.61 Å². The highest BCUT2D eigenvalue weighted by Gasteiger charge is 2.03. The van der Waals surface area contributed by atoms with E-state index in [-0.39, 0.29) is 6.10 Å². The molecule has 3 heteroatoms. The molecule has 0 bridgehead atoms. The van der Waals surface area contributed by atoms with E-state index in [1.807, 2.05) is 12.1 Å². The molecule has 0 heterocycles. The van der Waals surface area contributed by atoms with Crippen LogP contribution in [0.4, 0.5) is 0 Å². The predicted octanol–water partition coefficient (Wildman–Crippen LogP) is 1.05. The van der Waals surface area contributed by atoms with Gasteiger partial charge in [-0.05, 0) is 31.9 Å². The third-order valence-corrected chi connectivity index (χ3v) is 2.67. The number of rotatable bonds is 8. The SMILES string of the molecule is C=CCc1cc(C)ccc1OCC[NH2+]C[C@H](C)O. The summed E-state index contributed by atoms with van der Waals surface area (Å²) in [5.74, 6) is 0.936. The lowest BCUT2D eigenvalue weighted by Gasteiger charge is -2.11. The maximum atomic E-state index is 9.13. The molecule has 1 aromatic rings. The summed E-state index contributed by atoms with van der Waals surface area (Å²) < 4.78 is 5.77. The lowest BCUT2D eigenvalue weighted by molar-refractivity contribution is -0.661. The van der Waals surface area contributed by atoms with Crippen molar-refractivity contribution in [3.63, 3.8) is 0 Å². The molecule has 1 rings (SSSR count). The molecular weight excluding hydrogens is 226 g/mol. The average Bonchev–Trinajstić information content (AvgIpc) is 2.31. The van der Waals surface area contributed by atoms with E-state index in [4.69, 9.17) is 9.84 Å². The number of ether oxygens (including phenoxy) is 1. The molecule has 0 radical (unpaired) electrons. The minimum Gasteiger partial charge on any atom is -0.487 e. The molecule has 100 valence electrons. The van der Waals surface area contributed by atoms with E-state index in [2.05, 4.69) is 31.0 Å². The van der Waals surface area contributed by atoms with Crippen molar-refractivity contribution in [1.29, 1.82) is 0 Å². The zero-order valence-electron chi connectivity index (χ0n) is 11.4. The van der Waals surface area contributed by atoms with Crippen molar-refractivity contribution in [2.24, 2.45) is 0 Å². The van der Waals surface area contributed by atoms with Gasteiger partial charge in [0.05, 0.1) is 6.10 Å². The molecule has 0 fully saturated rings. The first-order chi connectivity index (χ1) is 8.63. The van der Waals surface area contributed by atoms with Crippen LogP contribution in [0, 0.1) is 6.92 Å². The van der Waals surface area contributed by atoms with Crippen LogP contribution in [0.2, 0.25) is 0 Å². The van der Waals surface area contributed by atoms with Crippen molar-refractivity contribution in [3.05, 3.63) is 42.0 Å². The zero-order chi connectivity index (χ0) is 13.4. The number of aliphatic hydroxyl groups is 1. The van der Waals surface area contributed by atoms with Crippen LogP contribution < -0.4 is 10.1 Å². The Kier molecular flexibility index (Phi) is 6.47. The minimum atomic E-state index is -0.263. The summed E-state index contributed by atoms with van der Waals surface area (Å²) in [7, 11) is 0. The van der Waals surface area contributed by atoms with Gasteiger partial charge in [-0.25, -0.2) is 0 Å². The van der Waals surface area contributed by atoms with Crippen molar-refractivity contribution >= 4 is 0 Å². The van der Waals surface area contributed by atoms with Gasteiger partial charge < -0.3 is 15.2 Å². The molecule has 1 atom stereocenters. The highest BCUT2D eigenvalue weighted by molar-refractivity contribution is 5.38. The lowest BCUT2D eigenvalue weighted by Crippen LogP contribution is -2.87. The molecule has 3 N–H and O–H groups in total. The number of nitrogens with two attached hydrogens (primary N) is 1. The van der Waals surface area contributed by atoms with Crippen LogP contribution >= 0.6 is 0 Å². The molecule has 0 spiro atoms. The molecule has 18 heavy (non-hydrogen) atoms. The summed E-state index contributed by atoms with van der Waals surface area (Å²) in [4.78, 5) is 0. The Morgan fingerprint density at radius 1 is 1.50 bits per heavy atom. The zero-order valence-corrected chi connectivity index (χ0v) is 11.4. The second-order valence-electron chi connectivity index (χ2n) is 4.61. The molecule has 0 aromatic heterocycles. The number of aliphatic hydroxyl groups excluding tert-OH is 1. The van der Waals surface area contributed by atoms with E-state index in [0.717, 1.165) is 25.3 Å². The Morgan fingerprint density at radius 3 is 2.94 bits per heavy atom. The fourth-order valence-electron chi connectivity index (χ4n) is 1.78. The minimum absolute atomic E-state index is 0.263. The third-order valence-electron chi connectivity index (χ3n) is 2.67. The Balaban J connectivity index is 2.43. The summed E-state index contributed by atoms with van der Waals surface area (Å²) >= 11 is 0. The van der Waals surface area contributed by atoms with Crippen molar-refractivity contribution in [1.82, 2.24) is 0 Å². The monoisotopic (exact) mass is 250 g/mol. The second-order valence-corrected chi connectivity index (χ2v) is 4.61. The number of benzene rings is 1. The Morgan fingerprint density at radius 2 is 2.28 bits per heavy atom. The first-order valence-corrected chi connectivity index (χ1v) is 6.46. The van der Waals surface area contributed by atoms with Gasteiger partial charge in [0, 0.05) is 0 Å². The molecule has 0 saturated heterocycles. The number of aryl methyl sites for hydroxylation is 1. The summed E-state index contributed by atoms with van der Waals surface area (Å²) in [5, 5.41) is 11.2. The van der Waals surface area contributed by atoms with Crippen molar-refractivity contribution in [2.75, 3.05) is 19.7 Å². The maximum absolute atomic E-state index is 9.13. The van der Waals surface area contributed by atoms with Gasteiger partial charge in [0.1, 0.15) is 25.4 Å². The van der Waals surface area contributed by atoms with E-state index in [1.54, 1.807) is 6.92 Å². The van der Waals surface area contributed by atoms with E-state index in [9.17, 15) is 0 Å². The molecular formula is C15H24NO2+. The van der Waals surface area contributed by atoms with Crippen molar-refractivity contribution < 1.29 is 15.2 Å². The smallest absolute Gasteiger partial charge is 0.137 e. The van der Waals surface area contributed by atoms with Gasteiger partial charge in [-0.2, -0.15) is 0 Å².